The lowest BCUT2D eigenvalue weighted by Gasteiger charge is -2.08. The number of rotatable bonds is 2. The molecule has 0 heterocycles. The average Bonchev–Trinajstić information content (AvgIpc) is 2.61. The second kappa shape index (κ2) is 11.5. The summed E-state index contributed by atoms with van der Waals surface area (Å²) in [7, 11) is 0. The molecule has 0 bridgehead atoms. The molecule has 2 aromatic rings. The lowest BCUT2D eigenvalue weighted by molar-refractivity contribution is -0.138. The van der Waals surface area contributed by atoms with Crippen molar-refractivity contribution in [1.82, 2.24) is 0 Å². The Bertz CT molecular complexity index is 897. The molecule has 2 rings (SSSR count). The van der Waals surface area contributed by atoms with E-state index in [1.165, 1.54) is 18.2 Å². The van der Waals surface area contributed by atoms with E-state index in [9.17, 15) is 27.6 Å². The van der Waals surface area contributed by atoms with E-state index >= 15 is 0 Å². The fraction of sp³-hybridized carbons (Fsp3) is 0.118. The number of alkyl halides is 6. The number of hydrogen-bond acceptors (Lipinski definition) is 4. The average molecular weight is 492 g/mol. The number of aromatic carboxylic acids is 2. The molecule has 0 spiro atoms. The SMILES string of the molecule is O=C(O)C(Cl)(Cl)Cl.O=C(O)c1ccccc1C(F)(F)F.O=C(O)c1ccccc1O. The number of carboxylic acid groups (broad SMARTS) is 3. The van der Waals surface area contributed by atoms with E-state index in [4.69, 9.17) is 55.2 Å². The van der Waals surface area contributed by atoms with E-state index in [1.807, 2.05) is 0 Å². The number of aromatic hydroxyl groups is 1. The van der Waals surface area contributed by atoms with Crippen LogP contribution in [-0.2, 0) is 11.0 Å². The van der Waals surface area contributed by atoms with Crippen molar-refractivity contribution in [3.63, 3.8) is 0 Å². The van der Waals surface area contributed by atoms with Crippen LogP contribution in [0.1, 0.15) is 26.3 Å². The molecule has 0 saturated carbocycles. The molecule has 164 valence electrons. The van der Waals surface area contributed by atoms with E-state index in [-0.39, 0.29) is 11.3 Å². The molecule has 2 aromatic carbocycles. The van der Waals surface area contributed by atoms with Crippen molar-refractivity contribution >= 4 is 52.7 Å². The predicted molar refractivity (Wildman–Crippen MR) is 101 cm³/mol. The molecule has 4 N–H and O–H groups in total. The van der Waals surface area contributed by atoms with Crippen LogP contribution in [-0.4, -0.2) is 42.1 Å². The summed E-state index contributed by atoms with van der Waals surface area (Å²) in [6.45, 7) is 0. The van der Waals surface area contributed by atoms with Gasteiger partial charge < -0.3 is 20.4 Å². The van der Waals surface area contributed by atoms with Crippen LogP contribution in [0, 0.1) is 0 Å². The molecular weight excluding hydrogens is 480 g/mol. The van der Waals surface area contributed by atoms with Gasteiger partial charge in [-0.3, -0.25) is 0 Å². The lowest BCUT2D eigenvalue weighted by atomic mass is 10.1. The second-order valence-corrected chi connectivity index (χ2v) is 7.25. The number of benzene rings is 2. The van der Waals surface area contributed by atoms with E-state index < -0.39 is 39.0 Å². The van der Waals surface area contributed by atoms with Crippen molar-refractivity contribution in [2.45, 2.75) is 9.97 Å². The van der Waals surface area contributed by atoms with Gasteiger partial charge in [0.25, 0.3) is 3.79 Å². The van der Waals surface area contributed by atoms with Gasteiger partial charge in [0, 0.05) is 0 Å². The van der Waals surface area contributed by atoms with Crippen LogP contribution in [0.3, 0.4) is 0 Å². The third-order valence-corrected chi connectivity index (χ3v) is 3.32. The highest BCUT2D eigenvalue weighted by molar-refractivity contribution is 6.75. The Labute approximate surface area is 181 Å². The Morgan fingerprint density at radius 3 is 1.37 bits per heavy atom. The molecule has 0 aliphatic rings. The van der Waals surface area contributed by atoms with Crippen molar-refractivity contribution in [2.75, 3.05) is 0 Å². The predicted octanol–water partition coefficient (Wildman–Crippen LogP) is 4.94. The summed E-state index contributed by atoms with van der Waals surface area (Å²) in [4.78, 5) is 30.3. The number of para-hydroxylation sites is 1. The van der Waals surface area contributed by atoms with Crippen LogP contribution in [0.2, 0.25) is 0 Å². The molecule has 0 saturated heterocycles. The van der Waals surface area contributed by atoms with Crippen LogP contribution in [0.5, 0.6) is 5.75 Å². The van der Waals surface area contributed by atoms with E-state index in [0.717, 1.165) is 18.2 Å². The van der Waals surface area contributed by atoms with Crippen molar-refractivity contribution in [2.24, 2.45) is 0 Å². The molecule has 0 aromatic heterocycles. The Morgan fingerprint density at radius 1 is 0.733 bits per heavy atom. The fourth-order valence-corrected chi connectivity index (χ4v) is 1.57. The summed E-state index contributed by atoms with van der Waals surface area (Å²) in [5, 5.41) is 33.6. The summed E-state index contributed by atoms with van der Waals surface area (Å²) in [5.41, 5.74) is -1.92. The third kappa shape index (κ3) is 9.68. The molecular formula is C17H12Cl3F3O7. The monoisotopic (exact) mass is 490 g/mol. The first-order chi connectivity index (χ1) is 13.6. The van der Waals surface area contributed by atoms with Crippen molar-refractivity contribution in [1.29, 1.82) is 0 Å². The van der Waals surface area contributed by atoms with Gasteiger partial charge in [-0.2, -0.15) is 13.2 Å². The maximum absolute atomic E-state index is 12.1. The number of carboxylic acids is 3. The largest absolute Gasteiger partial charge is 0.507 e. The van der Waals surface area contributed by atoms with Gasteiger partial charge in [-0.05, 0) is 24.3 Å². The first-order valence-corrected chi connectivity index (χ1v) is 8.43. The topological polar surface area (TPSA) is 132 Å². The zero-order valence-corrected chi connectivity index (χ0v) is 16.7. The number of hydrogen-bond donors (Lipinski definition) is 4. The highest BCUT2D eigenvalue weighted by Crippen LogP contribution is 2.31. The van der Waals surface area contributed by atoms with Crippen molar-refractivity contribution in [3.8, 4) is 5.75 Å². The third-order valence-electron chi connectivity index (χ3n) is 2.84. The quantitative estimate of drug-likeness (QED) is 0.438. The molecule has 0 aliphatic carbocycles. The van der Waals surface area contributed by atoms with E-state index in [0.29, 0.717) is 0 Å². The van der Waals surface area contributed by atoms with Gasteiger partial charge in [0.15, 0.2) is 0 Å². The van der Waals surface area contributed by atoms with Gasteiger partial charge in [0.1, 0.15) is 11.3 Å². The number of carbonyl (C=O) groups is 3. The molecule has 0 aliphatic heterocycles. The molecule has 0 amide bonds. The van der Waals surface area contributed by atoms with Crippen LogP contribution >= 0.6 is 34.8 Å². The maximum Gasteiger partial charge on any atom is 0.417 e. The van der Waals surface area contributed by atoms with Crippen LogP contribution in [0.4, 0.5) is 13.2 Å². The lowest BCUT2D eigenvalue weighted by Crippen LogP contribution is -2.16. The molecule has 30 heavy (non-hydrogen) atoms. The standard InChI is InChI=1S/C8H5F3O2.C7H6O3.C2HCl3O2/c9-8(10,11)6-4-2-1-3-5(6)7(12)13;8-6-4-2-1-3-5(6)7(9)10;3-2(4,5)1(6)7/h1-4H,(H,12,13);1-4,8H,(H,9,10);(H,6,7). The van der Waals surface area contributed by atoms with Gasteiger partial charge in [-0.15, -0.1) is 0 Å². The summed E-state index contributed by atoms with van der Waals surface area (Å²) in [6, 6.07) is 9.87. The Hall–Kier alpha value is -2.69. The van der Waals surface area contributed by atoms with Crippen molar-refractivity contribution in [3.05, 3.63) is 65.2 Å². The fourth-order valence-electron chi connectivity index (χ4n) is 1.57. The van der Waals surface area contributed by atoms with Crippen LogP contribution in [0.15, 0.2) is 48.5 Å². The van der Waals surface area contributed by atoms with Crippen LogP contribution < -0.4 is 0 Å². The Balaban J connectivity index is 0.000000442. The number of phenols is 1. The number of aliphatic carboxylic acids is 1. The highest BCUT2D eigenvalue weighted by atomic mass is 35.6. The first kappa shape index (κ1) is 27.3. The van der Waals surface area contributed by atoms with E-state index in [2.05, 4.69) is 0 Å². The summed E-state index contributed by atoms with van der Waals surface area (Å²) in [5.74, 6) is -4.35. The van der Waals surface area contributed by atoms with Crippen molar-refractivity contribution < 1.29 is 48.0 Å². The van der Waals surface area contributed by atoms with Crippen LogP contribution in [0.25, 0.3) is 0 Å². The van der Waals surface area contributed by atoms with Gasteiger partial charge in [0.05, 0.1) is 11.1 Å². The van der Waals surface area contributed by atoms with Gasteiger partial charge in [0.2, 0.25) is 0 Å². The Kier molecular flexibility index (Phi) is 10.5. The van der Waals surface area contributed by atoms with Gasteiger partial charge in [-0.25, -0.2) is 14.4 Å². The zero-order chi connectivity index (χ0) is 23.7. The minimum absolute atomic E-state index is 0.0671. The molecule has 7 nitrogen and oxygen atoms in total. The maximum atomic E-state index is 12.1. The molecule has 0 atom stereocenters. The highest BCUT2D eigenvalue weighted by Gasteiger charge is 2.34. The second-order valence-electron chi connectivity index (χ2n) is 4.97. The summed E-state index contributed by atoms with van der Waals surface area (Å²) in [6.07, 6.45) is -4.62. The van der Waals surface area contributed by atoms with Gasteiger partial charge in [-0.1, -0.05) is 59.1 Å². The molecule has 0 unspecified atom stereocenters. The zero-order valence-electron chi connectivity index (χ0n) is 14.4. The minimum Gasteiger partial charge on any atom is -0.507 e. The molecule has 13 heteroatoms. The summed E-state index contributed by atoms with van der Waals surface area (Å²) >= 11 is 14.4. The normalized spacial score (nSPS) is 10.6. The number of halogens is 6. The van der Waals surface area contributed by atoms with Gasteiger partial charge >= 0.3 is 24.1 Å². The minimum atomic E-state index is -4.62. The molecule has 0 radical (unpaired) electrons. The summed E-state index contributed by atoms with van der Waals surface area (Å²) < 4.78 is 34.3. The first-order valence-electron chi connectivity index (χ1n) is 7.30. The Morgan fingerprint density at radius 2 is 1.10 bits per heavy atom. The molecule has 0 fully saturated rings. The smallest absolute Gasteiger partial charge is 0.417 e. The van der Waals surface area contributed by atoms with E-state index in [1.54, 1.807) is 12.1 Å².